The Kier molecular flexibility index (Phi) is 7.51. The summed E-state index contributed by atoms with van der Waals surface area (Å²) in [6.07, 6.45) is 9.71. The highest BCUT2D eigenvalue weighted by molar-refractivity contribution is 5.82. The molecular weight excluding hydrogens is 298 g/mol. The highest BCUT2D eigenvalue weighted by atomic mass is 16.5. The van der Waals surface area contributed by atoms with Gasteiger partial charge in [-0.1, -0.05) is 43.7 Å². The molecule has 2 rings (SSSR count). The average Bonchev–Trinajstić information content (AvgIpc) is 2.56. The monoisotopic (exact) mass is 329 g/mol. The number of ether oxygens (including phenoxy) is 1. The van der Waals surface area contributed by atoms with Gasteiger partial charge in [0.05, 0.1) is 0 Å². The summed E-state index contributed by atoms with van der Waals surface area (Å²) < 4.78 is 5.55. The van der Waals surface area contributed by atoms with Crippen molar-refractivity contribution in [2.75, 3.05) is 14.1 Å². The predicted molar refractivity (Wildman–Crippen MR) is 99.0 cm³/mol. The van der Waals surface area contributed by atoms with E-state index in [4.69, 9.17) is 4.74 Å². The number of rotatable bonds is 7. The minimum Gasteiger partial charge on any atom is -0.459 e. The van der Waals surface area contributed by atoms with Crippen LogP contribution < -0.4 is 0 Å². The Morgan fingerprint density at radius 1 is 1.17 bits per heavy atom. The van der Waals surface area contributed by atoms with Gasteiger partial charge in [0.1, 0.15) is 6.10 Å². The lowest BCUT2D eigenvalue weighted by Gasteiger charge is -2.28. The van der Waals surface area contributed by atoms with Crippen molar-refractivity contribution in [3.05, 3.63) is 47.5 Å². The Morgan fingerprint density at radius 2 is 1.83 bits per heavy atom. The largest absolute Gasteiger partial charge is 0.459 e. The molecule has 0 aliphatic heterocycles. The summed E-state index contributed by atoms with van der Waals surface area (Å²) in [5.74, 6) is 0.420. The summed E-state index contributed by atoms with van der Waals surface area (Å²) in [4.78, 5) is 13.9. The van der Waals surface area contributed by atoms with E-state index in [1.54, 1.807) is 6.08 Å². The van der Waals surface area contributed by atoms with Crippen LogP contribution in [0.4, 0.5) is 0 Å². The van der Waals surface area contributed by atoms with Crippen molar-refractivity contribution < 1.29 is 9.53 Å². The molecule has 1 aromatic carbocycles. The number of allylic oxidation sites excluding steroid dienone is 1. The molecule has 0 unspecified atom stereocenters. The van der Waals surface area contributed by atoms with Crippen LogP contribution >= 0.6 is 0 Å². The van der Waals surface area contributed by atoms with Gasteiger partial charge in [0.15, 0.2) is 0 Å². The SMILES string of the molecule is CCC/C=C/C(=O)O[C@H]1CC[C@H](c2ccc(CN(C)C)cc2)CC1. The molecule has 0 bridgehead atoms. The topological polar surface area (TPSA) is 29.5 Å². The van der Waals surface area contributed by atoms with Gasteiger partial charge in [0, 0.05) is 12.6 Å². The van der Waals surface area contributed by atoms with E-state index in [1.807, 2.05) is 6.08 Å². The second-order valence-electron chi connectivity index (χ2n) is 7.08. The van der Waals surface area contributed by atoms with Crippen LogP contribution in [-0.2, 0) is 16.1 Å². The highest BCUT2D eigenvalue weighted by Crippen LogP contribution is 2.34. The second-order valence-corrected chi connectivity index (χ2v) is 7.08. The van der Waals surface area contributed by atoms with Crippen molar-refractivity contribution in [3.63, 3.8) is 0 Å². The van der Waals surface area contributed by atoms with E-state index < -0.39 is 0 Å². The van der Waals surface area contributed by atoms with Crippen molar-refractivity contribution >= 4 is 5.97 Å². The van der Waals surface area contributed by atoms with Gasteiger partial charge >= 0.3 is 5.97 Å². The standard InChI is InChI=1S/C21H31NO2/c1-4-5-6-7-21(23)24-20-14-12-19(13-15-20)18-10-8-17(9-11-18)16-22(2)3/h6-11,19-20H,4-5,12-16H2,1-3H3/b7-6+/t19-,20-. The van der Waals surface area contributed by atoms with E-state index in [2.05, 4.69) is 50.2 Å². The van der Waals surface area contributed by atoms with Crippen LogP contribution in [0.5, 0.6) is 0 Å². The first kappa shape index (κ1) is 18.7. The Bertz CT molecular complexity index is 525. The van der Waals surface area contributed by atoms with Crippen LogP contribution in [0.2, 0.25) is 0 Å². The molecule has 0 atom stereocenters. The van der Waals surface area contributed by atoms with Gasteiger partial charge in [-0.05, 0) is 63.2 Å². The van der Waals surface area contributed by atoms with Gasteiger partial charge in [-0.15, -0.1) is 0 Å². The third-order valence-corrected chi connectivity index (χ3v) is 4.62. The molecule has 1 aliphatic carbocycles. The van der Waals surface area contributed by atoms with Crippen LogP contribution in [-0.4, -0.2) is 31.1 Å². The molecule has 1 saturated carbocycles. The summed E-state index contributed by atoms with van der Waals surface area (Å²) in [5, 5.41) is 0. The van der Waals surface area contributed by atoms with E-state index in [0.29, 0.717) is 5.92 Å². The smallest absolute Gasteiger partial charge is 0.330 e. The van der Waals surface area contributed by atoms with E-state index in [1.165, 1.54) is 11.1 Å². The summed E-state index contributed by atoms with van der Waals surface area (Å²) in [7, 11) is 4.18. The zero-order valence-corrected chi connectivity index (χ0v) is 15.3. The van der Waals surface area contributed by atoms with Crippen LogP contribution in [0.25, 0.3) is 0 Å². The lowest BCUT2D eigenvalue weighted by molar-refractivity contribution is -0.144. The second kappa shape index (κ2) is 9.63. The molecule has 0 N–H and O–H groups in total. The van der Waals surface area contributed by atoms with Gasteiger partial charge in [0.2, 0.25) is 0 Å². The summed E-state index contributed by atoms with van der Waals surface area (Å²) in [6, 6.07) is 9.01. The molecule has 1 fully saturated rings. The number of benzene rings is 1. The molecule has 0 aromatic heterocycles. The van der Waals surface area contributed by atoms with Crippen LogP contribution in [0.15, 0.2) is 36.4 Å². The van der Waals surface area contributed by atoms with Crippen molar-refractivity contribution in [1.29, 1.82) is 0 Å². The molecule has 0 radical (unpaired) electrons. The zero-order valence-electron chi connectivity index (χ0n) is 15.3. The number of nitrogens with zero attached hydrogens (tertiary/aromatic N) is 1. The molecular formula is C21H31NO2. The van der Waals surface area contributed by atoms with Gasteiger partial charge in [-0.3, -0.25) is 0 Å². The minimum absolute atomic E-state index is 0.0908. The number of unbranched alkanes of at least 4 members (excludes halogenated alkanes) is 1. The summed E-state index contributed by atoms with van der Waals surface area (Å²) >= 11 is 0. The van der Waals surface area contributed by atoms with Crippen LogP contribution in [0.1, 0.15) is 62.5 Å². The lowest BCUT2D eigenvalue weighted by atomic mass is 9.82. The van der Waals surface area contributed by atoms with Gasteiger partial charge in [-0.25, -0.2) is 4.79 Å². The van der Waals surface area contributed by atoms with Crippen LogP contribution in [0.3, 0.4) is 0 Å². The molecule has 0 amide bonds. The molecule has 0 saturated heterocycles. The maximum absolute atomic E-state index is 11.8. The first-order valence-corrected chi connectivity index (χ1v) is 9.19. The molecule has 24 heavy (non-hydrogen) atoms. The lowest BCUT2D eigenvalue weighted by Crippen LogP contribution is -2.23. The number of hydrogen-bond donors (Lipinski definition) is 0. The maximum atomic E-state index is 11.8. The predicted octanol–water partition coefficient (Wildman–Crippen LogP) is 4.67. The summed E-state index contributed by atoms with van der Waals surface area (Å²) in [6.45, 7) is 3.08. The van der Waals surface area contributed by atoms with E-state index in [-0.39, 0.29) is 12.1 Å². The van der Waals surface area contributed by atoms with Crippen molar-refractivity contribution in [2.24, 2.45) is 0 Å². The highest BCUT2D eigenvalue weighted by Gasteiger charge is 2.24. The molecule has 132 valence electrons. The fourth-order valence-corrected chi connectivity index (χ4v) is 3.32. The molecule has 3 heteroatoms. The third-order valence-electron chi connectivity index (χ3n) is 4.62. The molecule has 1 aliphatic rings. The number of hydrogen-bond acceptors (Lipinski definition) is 3. The number of esters is 1. The molecule has 1 aromatic rings. The zero-order chi connectivity index (χ0) is 17.4. The van der Waals surface area contributed by atoms with Crippen molar-refractivity contribution in [2.45, 2.75) is 64.0 Å². The fourth-order valence-electron chi connectivity index (χ4n) is 3.32. The van der Waals surface area contributed by atoms with Gasteiger partial charge in [0.25, 0.3) is 0 Å². The Balaban J connectivity index is 1.79. The first-order chi connectivity index (χ1) is 11.6. The molecule has 0 spiro atoms. The van der Waals surface area contributed by atoms with E-state index in [9.17, 15) is 4.79 Å². The van der Waals surface area contributed by atoms with Gasteiger partial charge < -0.3 is 9.64 Å². The fraction of sp³-hybridized carbons (Fsp3) is 0.571. The normalized spacial score (nSPS) is 21.3. The van der Waals surface area contributed by atoms with Crippen LogP contribution in [0, 0.1) is 0 Å². The summed E-state index contributed by atoms with van der Waals surface area (Å²) in [5.41, 5.74) is 2.77. The molecule has 0 heterocycles. The number of carbonyl (C=O) groups is 1. The Morgan fingerprint density at radius 3 is 2.42 bits per heavy atom. The minimum atomic E-state index is -0.181. The Labute approximate surface area is 146 Å². The van der Waals surface area contributed by atoms with Crippen molar-refractivity contribution in [3.8, 4) is 0 Å². The number of carbonyl (C=O) groups excluding carboxylic acids is 1. The maximum Gasteiger partial charge on any atom is 0.330 e. The third kappa shape index (κ3) is 6.12. The molecule has 3 nitrogen and oxygen atoms in total. The van der Waals surface area contributed by atoms with Crippen molar-refractivity contribution in [1.82, 2.24) is 4.90 Å². The Hall–Kier alpha value is -1.61. The van der Waals surface area contributed by atoms with E-state index in [0.717, 1.165) is 45.1 Å². The van der Waals surface area contributed by atoms with Gasteiger partial charge in [-0.2, -0.15) is 0 Å². The average molecular weight is 329 g/mol. The first-order valence-electron chi connectivity index (χ1n) is 9.19. The quantitative estimate of drug-likeness (QED) is 0.537. The van der Waals surface area contributed by atoms with E-state index >= 15 is 0 Å².